The molecule has 0 amide bonds. The summed E-state index contributed by atoms with van der Waals surface area (Å²) in [5.41, 5.74) is 1.42. The summed E-state index contributed by atoms with van der Waals surface area (Å²) in [5.74, 6) is -0.470. The lowest BCUT2D eigenvalue weighted by atomic mass is 10.0. The van der Waals surface area contributed by atoms with Gasteiger partial charge < -0.3 is 4.74 Å². The van der Waals surface area contributed by atoms with Crippen LogP contribution in [0.5, 0.6) is 0 Å². The summed E-state index contributed by atoms with van der Waals surface area (Å²) in [7, 11) is 0. The second-order valence-electron chi connectivity index (χ2n) is 2.95. The first-order valence-electron chi connectivity index (χ1n) is 4.59. The molecule has 1 rings (SSSR count). The number of carbonyl (C=O) groups excluding carboxylic acids is 1. The van der Waals surface area contributed by atoms with E-state index >= 15 is 0 Å². The molecule has 1 aromatic carbocycles. The van der Waals surface area contributed by atoms with E-state index in [2.05, 4.69) is 31.9 Å². The van der Waals surface area contributed by atoms with E-state index in [0.29, 0.717) is 23.1 Å². The summed E-state index contributed by atoms with van der Waals surface area (Å²) < 4.78 is 5.65. The summed E-state index contributed by atoms with van der Waals surface area (Å²) in [6.07, 6.45) is 0. The highest BCUT2D eigenvalue weighted by Gasteiger charge is 2.16. The Bertz CT molecular complexity index is 452. The molecular weight excluding hydrogens is 338 g/mol. The van der Waals surface area contributed by atoms with E-state index in [-0.39, 0.29) is 0 Å². The summed E-state index contributed by atoms with van der Waals surface area (Å²) in [4.78, 5) is 11.6. The molecule has 5 heteroatoms. The highest BCUT2D eigenvalue weighted by atomic mass is 79.9. The summed E-state index contributed by atoms with van der Waals surface area (Å²) in [5, 5.41) is 9.56. The number of hydrogen-bond acceptors (Lipinski definition) is 3. The van der Waals surface area contributed by atoms with Gasteiger partial charge in [-0.25, -0.2) is 4.79 Å². The van der Waals surface area contributed by atoms with Gasteiger partial charge in [-0.15, -0.1) is 0 Å². The second kappa shape index (κ2) is 6.02. The van der Waals surface area contributed by atoms with Crippen LogP contribution in [0.1, 0.15) is 28.4 Å². The Hall–Kier alpha value is -0.860. The number of halogens is 2. The van der Waals surface area contributed by atoms with Crippen molar-refractivity contribution in [2.75, 3.05) is 6.61 Å². The molecular formula is C11H9Br2NO2. The van der Waals surface area contributed by atoms with Crippen LogP contribution in [-0.2, 0) is 10.1 Å². The molecule has 0 aromatic heterocycles. The van der Waals surface area contributed by atoms with Gasteiger partial charge in [-0.3, -0.25) is 0 Å². The number of esters is 1. The van der Waals surface area contributed by atoms with Crippen molar-refractivity contribution in [3.05, 3.63) is 33.3 Å². The molecule has 1 aromatic rings. The normalized spacial score (nSPS) is 9.62. The quantitative estimate of drug-likeness (QED) is 0.622. The Kier molecular flexibility index (Phi) is 4.97. The average molecular weight is 347 g/mol. The smallest absolute Gasteiger partial charge is 0.339 e. The van der Waals surface area contributed by atoms with Gasteiger partial charge in [0, 0.05) is 9.80 Å². The number of ether oxygens (including phenoxy) is 1. The zero-order valence-corrected chi connectivity index (χ0v) is 11.8. The molecule has 0 N–H and O–H groups in total. The van der Waals surface area contributed by atoms with E-state index in [4.69, 9.17) is 10.00 Å². The molecule has 16 heavy (non-hydrogen) atoms. The molecule has 0 unspecified atom stereocenters. The molecule has 0 saturated heterocycles. The minimum atomic E-state index is -0.470. The minimum Gasteiger partial charge on any atom is -0.462 e. The first kappa shape index (κ1) is 13.2. The number of rotatable bonds is 3. The van der Waals surface area contributed by atoms with Crippen LogP contribution in [-0.4, -0.2) is 12.6 Å². The Morgan fingerprint density at radius 3 is 2.75 bits per heavy atom. The standard InChI is InChI=1S/C11H9Br2NO2/c1-2-16-11(15)9-4-8(13)3-7(5-12)10(9)6-14/h3-4H,2,5H2,1H3. The number of benzene rings is 1. The summed E-state index contributed by atoms with van der Waals surface area (Å²) in [6, 6.07) is 5.43. The van der Waals surface area contributed by atoms with Crippen LogP contribution in [0.15, 0.2) is 16.6 Å². The highest BCUT2D eigenvalue weighted by Crippen LogP contribution is 2.23. The maximum Gasteiger partial charge on any atom is 0.339 e. The number of hydrogen-bond donors (Lipinski definition) is 0. The molecule has 0 aliphatic heterocycles. The van der Waals surface area contributed by atoms with Gasteiger partial charge in [0.15, 0.2) is 0 Å². The molecule has 0 radical (unpaired) electrons. The molecule has 0 atom stereocenters. The molecule has 3 nitrogen and oxygen atoms in total. The molecule has 0 aliphatic rings. The third-order valence-electron chi connectivity index (χ3n) is 1.94. The van der Waals surface area contributed by atoms with Gasteiger partial charge in [-0.1, -0.05) is 31.9 Å². The molecule has 0 aliphatic carbocycles. The van der Waals surface area contributed by atoms with Gasteiger partial charge in [0.1, 0.15) is 6.07 Å². The average Bonchev–Trinajstić information content (AvgIpc) is 2.28. The summed E-state index contributed by atoms with van der Waals surface area (Å²) >= 11 is 6.58. The molecule has 84 valence electrons. The second-order valence-corrected chi connectivity index (χ2v) is 4.43. The molecule has 0 bridgehead atoms. The van der Waals surface area contributed by atoms with E-state index < -0.39 is 5.97 Å². The van der Waals surface area contributed by atoms with Crippen LogP contribution in [0.25, 0.3) is 0 Å². The van der Waals surface area contributed by atoms with Crippen LogP contribution in [0.3, 0.4) is 0 Å². The van der Waals surface area contributed by atoms with Gasteiger partial charge in [-0.05, 0) is 24.6 Å². The van der Waals surface area contributed by atoms with Crippen molar-refractivity contribution in [2.45, 2.75) is 12.3 Å². The van der Waals surface area contributed by atoms with Gasteiger partial charge in [-0.2, -0.15) is 5.26 Å². The van der Waals surface area contributed by atoms with E-state index in [1.54, 1.807) is 19.1 Å². The van der Waals surface area contributed by atoms with E-state index in [1.807, 2.05) is 6.07 Å². The van der Waals surface area contributed by atoms with Crippen molar-refractivity contribution in [2.24, 2.45) is 0 Å². The monoisotopic (exact) mass is 345 g/mol. The lowest BCUT2D eigenvalue weighted by Crippen LogP contribution is -2.08. The first-order chi connectivity index (χ1) is 7.63. The van der Waals surface area contributed by atoms with Crippen molar-refractivity contribution < 1.29 is 9.53 Å². The van der Waals surface area contributed by atoms with Crippen molar-refractivity contribution in [3.8, 4) is 6.07 Å². The Morgan fingerprint density at radius 2 is 2.25 bits per heavy atom. The first-order valence-corrected chi connectivity index (χ1v) is 6.51. The fourth-order valence-electron chi connectivity index (χ4n) is 1.27. The summed E-state index contributed by atoms with van der Waals surface area (Å²) in [6.45, 7) is 2.02. The van der Waals surface area contributed by atoms with Gasteiger partial charge in [0.05, 0.1) is 17.7 Å². The zero-order valence-electron chi connectivity index (χ0n) is 8.59. The topological polar surface area (TPSA) is 50.1 Å². The zero-order chi connectivity index (χ0) is 12.1. The van der Waals surface area contributed by atoms with Crippen molar-refractivity contribution in [3.63, 3.8) is 0 Å². The fraction of sp³-hybridized carbons (Fsp3) is 0.273. The van der Waals surface area contributed by atoms with Gasteiger partial charge in [0.2, 0.25) is 0 Å². The minimum absolute atomic E-state index is 0.292. The number of nitriles is 1. The third kappa shape index (κ3) is 2.83. The number of nitrogens with zero attached hydrogens (tertiary/aromatic N) is 1. The third-order valence-corrected chi connectivity index (χ3v) is 3.00. The van der Waals surface area contributed by atoms with Crippen molar-refractivity contribution in [1.82, 2.24) is 0 Å². The Morgan fingerprint density at radius 1 is 1.56 bits per heavy atom. The van der Waals surface area contributed by atoms with Crippen LogP contribution in [0.2, 0.25) is 0 Å². The van der Waals surface area contributed by atoms with Crippen LogP contribution >= 0.6 is 31.9 Å². The maximum absolute atomic E-state index is 11.6. The van der Waals surface area contributed by atoms with Crippen molar-refractivity contribution in [1.29, 1.82) is 5.26 Å². The fourth-order valence-corrected chi connectivity index (χ4v) is 2.22. The number of carbonyl (C=O) groups is 1. The van der Waals surface area contributed by atoms with Crippen LogP contribution in [0.4, 0.5) is 0 Å². The van der Waals surface area contributed by atoms with Crippen LogP contribution < -0.4 is 0 Å². The highest BCUT2D eigenvalue weighted by molar-refractivity contribution is 9.10. The van der Waals surface area contributed by atoms with E-state index in [1.165, 1.54) is 0 Å². The predicted molar refractivity (Wildman–Crippen MR) is 67.4 cm³/mol. The molecule has 0 fully saturated rings. The van der Waals surface area contributed by atoms with E-state index in [0.717, 1.165) is 10.0 Å². The Balaban J connectivity index is 3.32. The maximum atomic E-state index is 11.6. The largest absolute Gasteiger partial charge is 0.462 e. The molecule has 0 spiro atoms. The van der Waals surface area contributed by atoms with Crippen molar-refractivity contribution >= 4 is 37.8 Å². The molecule has 0 heterocycles. The Labute approximate surface area is 111 Å². The van der Waals surface area contributed by atoms with E-state index in [9.17, 15) is 4.79 Å². The number of alkyl halides is 1. The lowest BCUT2D eigenvalue weighted by molar-refractivity contribution is 0.0526. The molecule has 0 saturated carbocycles. The van der Waals surface area contributed by atoms with Gasteiger partial charge in [0.25, 0.3) is 0 Å². The predicted octanol–water partition coefficient (Wildman–Crippen LogP) is 3.39. The SMILES string of the molecule is CCOC(=O)c1cc(Br)cc(CBr)c1C#N. The van der Waals surface area contributed by atoms with Crippen LogP contribution in [0, 0.1) is 11.3 Å². The van der Waals surface area contributed by atoms with Gasteiger partial charge >= 0.3 is 5.97 Å². The lowest BCUT2D eigenvalue weighted by Gasteiger charge is -2.08.